The molecule has 5 aromatic rings. The van der Waals surface area contributed by atoms with Gasteiger partial charge in [-0.1, -0.05) is 12.0 Å². The van der Waals surface area contributed by atoms with E-state index in [1.54, 1.807) is 29.8 Å². The number of nitrogens with one attached hydrogen (secondary N) is 3. The summed E-state index contributed by atoms with van der Waals surface area (Å²) in [7, 11) is 4.15. The summed E-state index contributed by atoms with van der Waals surface area (Å²) in [6, 6.07) is 7.76. The van der Waals surface area contributed by atoms with Crippen molar-refractivity contribution in [1.29, 1.82) is 0 Å². The molecule has 47 heavy (non-hydrogen) atoms. The first kappa shape index (κ1) is 30.0. The molecule has 3 aliphatic rings. The van der Waals surface area contributed by atoms with Crippen molar-refractivity contribution in [3.05, 3.63) is 53.6 Å². The zero-order valence-corrected chi connectivity index (χ0v) is 27.1. The number of carbonyl (C=O) groups is 1. The van der Waals surface area contributed by atoms with Crippen molar-refractivity contribution in [2.75, 3.05) is 58.8 Å². The fraction of sp³-hybridized carbons (Fsp3) is 0.371. The third-order valence-electron chi connectivity index (χ3n) is 9.67. The van der Waals surface area contributed by atoms with Crippen LogP contribution in [-0.4, -0.2) is 103 Å². The second kappa shape index (κ2) is 11.7. The number of terminal acetylenes is 1. The number of halogens is 1. The fourth-order valence-electron chi connectivity index (χ4n) is 7.72. The minimum atomic E-state index is -0.465. The molecule has 240 valence electrons. The average Bonchev–Trinajstić information content (AvgIpc) is 3.76. The molecule has 2 unspecified atom stereocenters. The molecule has 6 heterocycles. The average molecular weight is 651 g/mol. The first-order chi connectivity index (χ1) is 22.9. The van der Waals surface area contributed by atoms with Gasteiger partial charge in [0.15, 0.2) is 0 Å². The zero-order chi connectivity index (χ0) is 32.3. The molecule has 3 fully saturated rings. The number of aromatic amines is 1. The molecule has 3 aliphatic heterocycles. The summed E-state index contributed by atoms with van der Waals surface area (Å²) < 4.78 is 21.8. The number of aromatic nitrogens is 3. The van der Waals surface area contributed by atoms with E-state index in [9.17, 15) is 4.79 Å². The maximum Gasteiger partial charge on any atom is 0.234 e. The molecule has 2 aromatic carbocycles. The van der Waals surface area contributed by atoms with Crippen LogP contribution in [0.15, 0.2) is 41.7 Å². The van der Waals surface area contributed by atoms with E-state index in [-0.39, 0.29) is 11.0 Å². The molecule has 3 aromatic heterocycles. The summed E-state index contributed by atoms with van der Waals surface area (Å²) >= 11 is 1.57. The number of likely N-dealkylation sites (tertiary alicyclic amines) is 1. The highest BCUT2D eigenvalue weighted by Crippen LogP contribution is 2.46. The molecular formula is C35H35FN8O2S. The van der Waals surface area contributed by atoms with E-state index < -0.39 is 5.82 Å². The third-order valence-corrected chi connectivity index (χ3v) is 10.8. The number of rotatable bonds is 8. The van der Waals surface area contributed by atoms with Crippen molar-refractivity contribution in [3.8, 4) is 23.6 Å². The molecule has 10 nitrogen and oxygen atoms in total. The minimum absolute atomic E-state index is 0.0496. The molecule has 0 radical (unpaired) electrons. The van der Waals surface area contributed by atoms with E-state index in [1.807, 2.05) is 12.1 Å². The molecule has 12 heteroatoms. The van der Waals surface area contributed by atoms with Crippen molar-refractivity contribution in [2.45, 2.75) is 24.9 Å². The molecule has 3 N–H and O–H groups in total. The van der Waals surface area contributed by atoms with Crippen LogP contribution in [0.25, 0.3) is 43.0 Å². The third kappa shape index (κ3) is 5.05. The number of H-pyrrole nitrogens is 1. The number of amidine groups is 1. The summed E-state index contributed by atoms with van der Waals surface area (Å²) in [4.78, 5) is 26.1. The van der Waals surface area contributed by atoms with Crippen molar-refractivity contribution in [2.24, 2.45) is 10.4 Å². The Bertz CT molecular complexity index is 2100. The van der Waals surface area contributed by atoms with Gasteiger partial charge in [-0.25, -0.2) is 4.39 Å². The van der Waals surface area contributed by atoms with Crippen LogP contribution in [0.4, 0.5) is 9.39 Å². The smallest absolute Gasteiger partial charge is 0.234 e. The first-order valence-electron chi connectivity index (χ1n) is 15.8. The fourth-order valence-corrected chi connectivity index (χ4v) is 8.90. The van der Waals surface area contributed by atoms with E-state index in [4.69, 9.17) is 16.1 Å². The van der Waals surface area contributed by atoms with Crippen LogP contribution in [0.3, 0.4) is 0 Å². The standard InChI is InChI=1S/C35H35FN8O2S/c1-4-23-26(36)8-5-20-11-27-25(12-40-42-27)29(28(20)23)31-32-24(9-10-37-31)30(33(39-19-45)44-13-21-6-7-22(14-44)41-21)34(47-32)38-15-35(16-43(2)3)17-46-18-35/h1,5,8-12,19,21-22,38,41H,6-7,13-18H2,2-3H3,(H,40,42). The van der Waals surface area contributed by atoms with E-state index in [1.165, 1.54) is 6.07 Å². The van der Waals surface area contributed by atoms with Gasteiger partial charge in [-0.15, -0.1) is 17.8 Å². The van der Waals surface area contributed by atoms with Crippen LogP contribution >= 0.6 is 11.3 Å². The number of thiophene rings is 1. The summed E-state index contributed by atoms with van der Waals surface area (Å²) in [5, 5.41) is 18.9. The number of fused-ring (bicyclic) bond motifs is 5. The molecule has 0 aliphatic carbocycles. The van der Waals surface area contributed by atoms with Gasteiger partial charge < -0.3 is 25.2 Å². The first-order valence-corrected chi connectivity index (χ1v) is 16.7. The minimum Gasteiger partial charge on any atom is -0.380 e. The Labute approximate surface area is 275 Å². The molecule has 0 saturated carbocycles. The van der Waals surface area contributed by atoms with Crippen LogP contribution < -0.4 is 10.6 Å². The molecule has 0 spiro atoms. The number of hydrogen-bond acceptors (Lipinski definition) is 8. The molecule has 2 bridgehead atoms. The molecule has 3 saturated heterocycles. The number of hydrogen-bond donors (Lipinski definition) is 3. The number of ether oxygens (including phenoxy) is 1. The Morgan fingerprint density at radius 2 is 2.09 bits per heavy atom. The predicted octanol–water partition coefficient (Wildman–Crippen LogP) is 4.44. The van der Waals surface area contributed by atoms with Gasteiger partial charge in [-0.2, -0.15) is 10.1 Å². The molecule has 2 atom stereocenters. The second-order valence-electron chi connectivity index (χ2n) is 13.3. The number of anilines is 1. The van der Waals surface area contributed by atoms with Gasteiger partial charge in [0, 0.05) is 71.6 Å². The number of benzene rings is 2. The van der Waals surface area contributed by atoms with E-state index in [2.05, 4.69) is 55.6 Å². The zero-order valence-electron chi connectivity index (χ0n) is 26.3. The highest BCUT2D eigenvalue weighted by atomic mass is 32.1. The van der Waals surface area contributed by atoms with Gasteiger partial charge in [-0.3, -0.25) is 14.9 Å². The van der Waals surface area contributed by atoms with Crippen LogP contribution in [0.1, 0.15) is 24.0 Å². The number of pyridine rings is 1. The number of piperazine rings is 1. The van der Waals surface area contributed by atoms with Gasteiger partial charge >= 0.3 is 0 Å². The Hall–Kier alpha value is -4.41. The monoisotopic (exact) mass is 650 g/mol. The lowest BCUT2D eigenvalue weighted by atomic mass is 9.85. The number of nitrogens with zero attached hydrogens (tertiary/aromatic N) is 5. The number of carbonyl (C=O) groups excluding carboxylic acids is 1. The maximum absolute atomic E-state index is 15.3. The van der Waals surface area contributed by atoms with Gasteiger partial charge in [0.25, 0.3) is 0 Å². The summed E-state index contributed by atoms with van der Waals surface area (Å²) in [6.07, 6.45) is 12.3. The van der Waals surface area contributed by atoms with Crippen LogP contribution in [0, 0.1) is 23.6 Å². The lowest BCUT2D eigenvalue weighted by Crippen LogP contribution is -2.54. The Morgan fingerprint density at radius 1 is 1.28 bits per heavy atom. The maximum atomic E-state index is 15.3. The highest BCUT2D eigenvalue weighted by molar-refractivity contribution is 7.24. The largest absolute Gasteiger partial charge is 0.380 e. The van der Waals surface area contributed by atoms with Crippen LogP contribution in [-0.2, 0) is 9.53 Å². The summed E-state index contributed by atoms with van der Waals surface area (Å²) in [5.41, 5.74) is 3.19. The Kier molecular flexibility index (Phi) is 7.45. The van der Waals surface area contributed by atoms with Crippen LogP contribution in [0.2, 0.25) is 0 Å². The van der Waals surface area contributed by atoms with E-state index in [0.717, 1.165) is 69.4 Å². The lowest BCUT2D eigenvalue weighted by Gasteiger charge is -2.43. The SMILES string of the molecule is C#Cc1c(F)ccc2cc3[nH]ncc3c(-c3nccc4c(C(=NC=O)N5CC6CCC(C5)N6)c(NCC5(CN(C)C)COC5)sc34)c12. The molecule has 8 rings (SSSR count). The Balaban J connectivity index is 1.36. The number of amides is 1. The van der Waals surface area contributed by atoms with Crippen LogP contribution in [0.5, 0.6) is 0 Å². The molecule has 1 amide bonds. The normalized spacial score (nSPS) is 20.7. The van der Waals surface area contributed by atoms with Crippen molar-refractivity contribution in [1.82, 2.24) is 30.3 Å². The van der Waals surface area contributed by atoms with E-state index in [0.29, 0.717) is 60.7 Å². The van der Waals surface area contributed by atoms with Crippen molar-refractivity contribution in [3.63, 3.8) is 0 Å². The summed E-state index contributed by atoms with van der Waals surface area (Å²) in [5.74, 6) is 2.78. The van der Waals surface area contributed by atoms with Crippen molar-refractivity contribution < 1.29 is 13.9 Å². The quantitative estimate of drug-likeness (QED) is 0.0979. The topological polar surface area (TPSA) is 111 Å². The van der Waals surface area contributed by atoms with Gasteiger partial charge in [0.2, 0.25) is 6.41 Å². The van der Waals surface area contributed by atoms with Gasteiger partial charge in [0.05, 0.1) is 46.4 Å². The van der Waals surface area contributed by atoms with E-state index >= 15 is 4.39 Å². The van der Waals surface area contributed by atoms with Gasteiger partial charge in [0.1, 0.15) is 16.7 Å². The summed E-state index contributed by atoms with van der Waals surface area (Å²) in [6.45, 7) is 4.41. The van der Waals surface area contributed by atoms with Crippen molar-refractivity contribution >= 4 is 60.3 Å². The lowest BCUT2D eigenvalue weighted by molar-refractivity contribution is -0.113. The van der Waals surface area contributed by atoms with Gasteiger partial charge in [-0.05, 0) is 50.5 Å². The molecular weight excluding hydrogens is 616 g/mol. The Morgan fingerprint density at radius 3 is 2.79 bits per heavy atom. The number of aliphatic imine (C=N–C) groups is 1. The highest BCUT2D eigenvalue weighted by Gasteiger charge is 2.40. The second-order valence-corrected chi connectivity index (χ2v) is 14.3. The predicted molar refractivity (Wildman–Crippen MR) is 185 cm³/mol.